The van der Waals surface area contributed by atoms with E-state index >= 15 is 0 Å². The second-order valence-corrected chi connectivity index (χ2v) is 4.30. The Bertz CT molecular complexity index is 377. The second kappa shape index (κ2) is 5.77. The van der Waals surface area contributed by atoms with Crippen molar-refractivity contribution in [3.63, 3.8) is 0 Å². The lowest BCUT2D eigenvalue weighted by Crippen LogP contribution is -2.29. The summed E-state index contributed by atoms with van der Waals surface area (Å²) in [7, 11) is 1.82. The molecule has 0 saturated carbocycles. The van der Waals surface area contributed by atoms with Crippen molar-refractivity contribution in [3.8, 4) is 0 Å². The Morgan fingerprint density at radius 1 is 1.35 bits per heavy atom. The molecule has 2 rings (SSSR count). The molecule has 1 aliphatic rings. The average Bonchev–Trinajstić information content (AvgIpc) is 2.77. The maximum absolute atomic E-state index is 11.7. The van der Waals surface area contributed by atoms with Crippen LogP contribution >= 0.6 is 0 Å². The third-order valence-electron chi connectivity index (χ3n) is 2.86. The molecule has 0 saturated heterocycles. The molecule has 0 aromatic carbocycles. The fourth-order valence-corrected chi connectivity index (χ4v) is 1.76. The molecule has 1 amide bonds. The van der Waals surface area contributed by atoms with Crippen LogP contribution in [0.15, 0.2) is 6.20 Å². The van der Waals surface area contributed by atoms with Gasteiger partial charge < -0.3 is 9.64 Å². The van der Waals surface area contributed by atoms with Crippen LogP contribution in [0.25, 0.3) is 0 Å². The number of amides is 1. The third kappa shape index (κ3) is 3.52. The Balaban J connectivity index is 1.95. The fraction of sp³-hybridized carbons (Fsp3) is 0.727. The van der Waals surface area contributed by atoms with Crippen molar-refractivity contribution in [3.05, 3.63) is 11.9 Å². The molecule has 1 aromatic rings. The van der Waals surface area contributed by atoms with Gasteiger partial charge in [0.05, 0.1) is 19.4 Å². The number of ether oxygens (including phenoxy) is 1. The Morgan fingerprint density at radius 3 is 3.12 bits per heavy atom. The molecule has 0 radical (unpaired) electrons. The van der Waals surface area contributed by atoms with E-state index in [-0.39, 0.29) is 5.91 Å². The van der Waals surface area contributed by atoms with E-state index in [1.54, 1.807) is 4.90 Å². The molecule has 0 aliphatic carbocycles. The Morgan fingerprint density at radius 2 is 2.24 bits per heavy atom. The first-order valence-electron chi connectivity index (χ1n) is 5.96. The van der Waals surface area contributed by atoms with E-state index < -0.39 is 0 Å². The zero-order valence-corrected chi connectivity index (χ0v) is 10.1. The normalized spacial score (nSPS) is 19.4. The molecule has 2 bridgehead atoms. The predicted octanol–water partition coefficient (Wildman–Crippen LogP) is 0.437. The molecule has 0 spiro atoms. The highest BCUT2D eigenvalue weighted by atomic mass is 16.5. The highest BCUT2D eigenvalue weighted by molar-refractivity contribution is 5.75. The molecule has 6 nitrogen and oxygen atoms in total. The zero-order chi connectivity index (χ0) is 12.1. The van der Waals surface area contributed by atoms with Crippen molar-refractivity contribution >= 4 is 5.91 Å². The summed E-state index contributed by atoms with van der Waals surface area (Å²) in [6.07, 6.45) is 4.34. The van der Waals surface area contributed by atoms with Gasteiger partial charge in [-0.25, -0.2) is 0 Å². The molecule has 0 N–H and O–H groups in total. The van der Waals surface area contributed by atoms with E-state index in [4.69, 9.17) is 4.74 Å². The first-order valence-corrected chi connectivity index (χ1v) is 5.96. The van der Waals surface area contributed by atoms with Crippen molar-refractivity contribution in [2.75, 3.05) is 20.2 Å². The SMILES string of the molecule is CN1CCOCc2cn(nn2)CCCCC1=O. The highest BCUT2D eigenvalue weighted by Crippen LogP contribution is 2.04. The van der Waals surface area contributed by atoms with Crippen molar-refractivity contribution < 1.29 is 9.53 Å². The van der Waals surface area contributed by atoms with Gasteiger partial charge in [-0.1, -0.05) is 5.21 Å². The van der Waals surface area contributed by atoms with E-state index in [1.807, 2.05) is 17.9 Å². The first kappa shape index (κ1) is 12.0. The molecule has 17 heavy (non-hydrogen) atoms. The van der Waals surface area contributed by atoms with Gasteiger partial charge >= 0.3 is 0 Å². The average molecular weight is 238 g/mol. The van der Waals surface area contributed by atoms with E-state index in [9.17, 15) is 4.79 Å². The summed E-state index contributed by atoms with van der Waals surface area (Å²) in [5, 5.41) is 8.04. The molecular weight excluding hydrogens is 220 g/mol. The molecule has 1 aromatic heterocycles. The van der Waals surface area contributed by atoms with Crippen LogP contribution in [0.4, 0.5) is 0 Å². The van der Waals surface area contributed by atoms with Gasteiger partial charge in [0, 0.05) is 26.6 Å². The van der Waals surface area contributed by atoms with Crippen LogP contribution in [0, 0.1) is 0 Å². The van der Waals surface area contributed by atoms with Crippen LogP contribution in [-0.4, -0.2) is 46.0 Å². The molecule has 1 aliphatic heterocycles. The number of hydrogen-bond acceptors (Lipinski definition) is 4. The zero-order valence-electron chi connectivity index (χ0n) is 10.1. The number of carbonyl (C=O) groups excluding carboxylic acids is 1. The van der Waals surface area contributed by atoms with E-state index in [0.717, 1.165) is 25.1 Å². The van der Waals surface area contributed by atoms with E-state index in [0.29, 0.717) is 26.2 Å². The standard InChI is InChI=1S/C11H18N4O2/c1-14-6-7-17-9-10-8-15(13-12-10)5-3-2-4-11(14)16/h8H,2-7,9H2,1H3. The highest BCUT2D eigenvalue weighted by Gasteiger charge is 2.09. The molecule has 2 heterocycles. The van der Waals surface area contributed by atoms with Gasteiger partial charge in [0.15, 0.2) is 0 Å². The van der Waals surface area contributed by atoms with Crippen LogP contribution in [0.2, 0.25) is 0 Å². The minimum absolute atomic E-state index is 0.186. The lowest BCUT2D eigenvalue weighted by molar-refractivity contribution is -0.130. The summed E-state index contributed by atoms with van der Waals surface area (Å²) >= 11 is 0. The predicted molar refractivity (Wildman–Crippen MR) is 61.2 cm³/mol. The lowest BCUT2D eigenvalue weighted by atomic mass is 10.2. The smallest absolute Gasteiger partial charge is 0.222 e. The minimum Gasteiger partial charge on any atom is -0.373 e. The summed E-state index contributed by atoms with van der Waals surface area (Å²) in [4.78, 5) is 13.4. The Kier molecular flexibility index (Phi) is 4.08. The molecule has 0 fully saturated rings. The summed E-state index contributed by atoms with van der Waals surface area (Å²) in [6.45, 7) is 2.44. The van der Waals surface area contributed by atoms with Gasteiger partial charge in [-0.05, 0) is 12.8 Å². The number of nitrogens with zero attached hydrogens (tertiary/aromatic N) is 4. The molecule has 6 heteroatoms. The number of aryl methyl sites for hydroxylation is 1. The van der Waals surface area contributed by atoms with Gasteiger partial charge in [-0.2, -0.15) is 0 Å². The number of aromatic nitrogens is 3. The maximum Gasteiger partial charge on any atom is 0.222 e. The van der Waals surface area contributed by atoms with Gasteiger partial charge in [0.25, 0.3) is 0 Å². The van der Waals surface area contributed by atoms with Crippen LogP contribution in [0.3, 0.4) is 0 Å². The monoisotopic (exact) mass is 238 g/mol. The van der Waals surface area contributed by atoms with E-state index in [2.05, 4.69) is 10.3 Å². The Hall–Kier alpha value is -1.43. The topological polar surface area (TPSA) is 60.2 Å². The number of hydrogen-bond donors (Lipinski definition) is 0. The Labute approximate surface area is 101 Å². The van der Waals surface area contributed by atoms with Crippen LogP contribution in [0.1, 0.15) is 25.0 Å². The minimum atomic E-state index is 0.186. The number of likely N-dealkylation sites (N-methyl/N-ethyl adjacent to an activating group) is 1. The fourth-order valence-electron chi connectivity index (χ4n) is 1.76. The molecular formula is C11H18N4O2. The second-order valence-electron chi connectivity index (χ2n) is 4.30. The number of carbonyl (C=O) groups is 1. The third-order valence-corrected chi connectivity index (χ3v) is 2.86. The lowest BCUT2D eigenvalue weighted by Gasteiger charge is -2.16. The van der Waals surface area contributed by atoms with Gasteiger partial charge in [0.2, 0.25) is 5.91 Å². The van der Waals surface area contributed by atoms with Crippen molar-refractivity contribution in [2.45, 2.75) is 32.4 Å². The van der Waals surface area contributed by atoms with Gasteiger partial charge in [0.1, 0.15) is 5.69 Å². The number of rotatable bonds is 0. The van der Waals surface area contributed by atoms with Crippen molar-refractivity contribution in [1.82, 2.24) is 19.9 Å². The van der Waals surface area contributed by atoms with Crippen LogP contribution in [-0.2, 0) is 22.7 Å². The van der Waals surface area contributed by atoms with Crippen LogP contribution < -0.4 is 0 Å². The molecule has 94 valence electrons. The summed E-state index contributed by atoms with van der Waals surface area (Å²) in [6, 6.07) is 0. The first-order chi connectivity index (χ1) is 8.25. The number of fused-ring (bicyclic) bond motifs is 2. The van der Waals surface area contributed by atoms with Crippen LogP contribution in [0.5, 0.6) is 0 Å². The molecule has 0 unspecified atom stereocenters. The van der Waals surface area contributed by atoms with E-state index in [1.165, 1.54) is 0 Å². The van der Waals surface area contributed by atoms with Gasteiger partial charge in [-0.15, -0.1) is 5.10 Å². The molecule has 0 atom stereocenters. The maximum atomic E-state index is 11.7. The summed E-state index contributed by atoms with van der Waals surface area (Å²) < 4.78 is 7.26. The van der Waals surface area contributed by atoms with Crippen molar-refractivity contribution in [1.29, 1.82) is 0 Å². The summed E-state index contributed by atoms with van der Waals surface area (Å²) in [5.74, 6) is 0.186. The van der Waals surface area contributed by atoms with Gasteiger partial charge in [-0.3, -0.25) is 9.48 Å². The van der Waals surface area contributed by atoms with Crippen molar-refractivity contribution in [2.24, 2.45) is 0 Å². The quantitative estimate of drug-likeness (QED) is 0.658. The summed E-state index contributed by atoms with van der Waals surface area (Å²) in [5.41, 5.74) is 0.846. The largest absolute Gasteiger partial charge is 0.373 e.